The highest BCUT2D eigenvalue weighted by Gasteiger charge is 2.21. The summed E-state index contributed by atoms with van der Waals surface area (Å²) < 4.78 is 6.71. The van der Waals surface area contributed by atoms with Crippen molar-refractivity contribution in [3.63, 3.8) is 0 Å². The Morgan fingerprint density at radius 1 is 0.354 bits per heavy atom. The number of para-hydroxylation sites is 1. The van der Waals surface area contributed by atoms with E-state index in [4.69, 9.17) is 4.42 Å². The lowest BCUT2D eigenvalue weighted by molar-refractivity contribution is 0.672. The maximum atomic E-state index is 6.71. The summed E-state index contributed by atoms with van der Waals surface area (Å²) in [5, 5.41) is 4.50. The van der Waals surface area contributed by atoms with Crippen molar-refractivity contribution in [3.8, 4) is 33.4 Å². The molecule has 0 atom stereocenters. The summed E-state index contributed by atoms with van der Waals surface area (Å²) in [5.74, 6) is 0. The van der Waals surface area contributed by atoms with E-state index in [0.29, 0.717) is 0 Å². The Hall–Kier alpha value is -6.38. The highest BCUT2D eigenvalue weighted by Crippen LogP contribution is 2.46. The largest absolute Gasteiger partial charge is 0.455 e. The first kappa shape index (κ1) is 27.9. The number of anilines is 3. The zero-order chi connectivity index (χ0) is 31.9. The fourth-order valence-electron chi connectivity index (χ4n) is 6.97. The van der Waals surface area contributed by atoms with Crippen LogP contribution in [0.25, 0.3) is 66.1 Å². The van der Waals surface area contributed by atoms with Gasteiger partial charge in [0.2, 0.25) is 0 Å². The van der Waals surface area contributed by atoms with Crippen LogP contribution in [0, 0.1) is 0 Å². The minimum absolute atomic E-state index is 0.869. The number of hydrogen-bond donors (Lipinski definition) is 0. The molecule has 0 N–H and O–H groups in total. The molecule has 0 unspecified atom stereocenters. The topological polar surface area (TPSA) is 16.4 Å². The van der Waals surface area contributed by atoms with E-state index in [2.05, 4.69) is 193 Å². The van der Waals surface area contributed by atoms with Crippen LogP contribution in [0.1, 0.15) is 0 Å². The standard InChI is InChI=1S/C46H31NO/c1-4-13-32(14-5-1)33-23-25-34(26-24-33)35-27-29-38(30-28-35)47(37-17-8-3-9-18-37)43-21-12-22-44-45(43)42-31-41(36-15-6-2-7-16-36)39-19-10-11-20-40(39)46(42)48-44/h1-31H. The zero-order valence-electron chi connectivity index (χ0n) is 26.3. The molecule has 1 aromatic heterocycles. The molecule has 0 amide bonds. The van der Waals surface area contributed by atoms with E-state index in [1.54, 1.807) is 0 Å². The van der Waals surface area contributed by atoms with Gasteiger partial charge in [-0.25, -0.2) is 0 Å². The van der Waals surface area contributed by atoms with E-state index >= 15 is 0 Å². The number of fused-ring (bicyclic) bond motifs is 5. The Balaban J connectivity index is 1.20. The highest BCUT2D eigenvalue weighted by molar-refractivity contribution is 6.22. The summed E-state index contributed by atoms with van der Waals surface area (Å²) in [5.41, 5.74) is 12.2. The van der Waals surface area contributed by atoms with Crippen LogP contribution in [0.2, 0.25) is 0 Å². The molecule has 48 heavy (non-hydrogen) atoms. The lowest BCUT2D eigenvalue weighted by Crippen LogP contribution is -2.10. The molecular formula is C46H31NO. The Bertz CT molecular complexity index is 2520. The van der Waals surface area contributed by atoms with Gasteiger partial charge >= 0.3 is 0 Å². The normalized spacial score (nSPS) is 11.3. The van der Waals surface area contributed by atoms with Gasteiger partial charge in [-0.1, -0.05) is 146 Å². The van der Waals surface area contributed by atoms with Crippen LogP contribution >= 0.6 is 0 Å². The second kappa shape index (κ2) is 11.8. The van der Waals surface area contributed by atoms with Crippen LogP contribution in [0.3, 0.4) is 0 Å². The summed E-state index contributed by atoms with van der Waals surface area (Å²) in [6.07, 6.45) is 0. The Morgan fingerprint density at radius 3 is 1.50 bits per heavy atom. The first-order valence-corrected chi connectivity index (χ1v) is 16.4. The van der Waals surface area contributed by atoms with E-state index < -0.39 is 0 Å². The third-order valence-corrected chi connectivity index (χ3v) is 9.27. The van der Waals surface area contributed by atoms with Crippen molar-refractivity contribution < 1.29 is 4.42 Å². The molecule has 0 aliphatic carbocycles. The number of rotatable bonds is 6. The molecule has 9 aromatic rings. The molecule has 2 heteroatoms. The predicted molar refractivity (Wildman–Crippen MR) is 202 cm³/mol. The fourth-order valence-corrected chi connectivity index (χ4v) is 6.97. The third kappa shape index (κ3) is 4.83. The maximum absolute atomic E-state index is 6.71. The van der Waals surface area contributed by atoms with E-state index in [-0.39, 0.29) is 0 Å². The van der Waals surface area contributed by atoms with Crippen LogP contribution in [0.15, 0.2) is 192 Å². The number of benzene rings is 8. The molecule has 9 rings (SSSR count). The molecule has 2 nitrogen and oxygen atoms in total. The molecule has 8 aromatic carbocycles. The van der Waals surface area contributed by atoms with Gasteiger partial charge in [0.05, 0.1) is 11.1 Å². The SMILES string of the molecule is c1ccc(-c2ccc(-c3ccc(N(c4ccccc4)c4cccc5oc6c7ccccc7c(-c7ccccc7)cc6c45)cc3)cc2)cc1. The summed E-state index contributed by atoms with van der Waals surface area (Å²) in [4.78, 5) is 2.34. The van der Waals surface area contributed by atoms with Gasteiger partial charge in [0.15, 0.2) is 0 Å². The average molecular weight is 614 g/mol. The lowest BCUT2D eigenvalue weighted by atomic mass is 9.95. The van der Waals surface area contributed by atoms with Gasteiger partial charge in [0, 0.05) is 22.1 Å². The van der Waals surface area contributed by atoms with Crippen LogP contribution in [-0.2, 0) is 0 Å². The summed E-state index contributed by atoms with van der Waals surface area (Å²) in [7, 11) is 0. The lowest BCUT2D eigenvalue weighted by Gasteiger charge is -2.26. The highest BCUT2D eigenvalue weighted by atomic mass is 16.3. The second-order valence-electron chi connectivity index (χ2n) is 12.1. The molecule has 0 fully saturated rings. The van der Waals surface area contributed by atoms with Gasteiger partial charge in [-0.15, -0.1) is 0 Å². The molecular weight excluding hydrogens is 583 g/mol. The van der Waals surface area contributed by atoms with Gasteiger partial charge in [-0.3, -0.25) is 0 Å². The van der Waals surface area contributed by atoms with Crippen LogP contribution < -0.4 is 4.90 Å². The third-order valence-electron chi connectivity index (χ3n) is 9.27. The minimum Gasteiger partial charge on any atom is -0.455 e. The number of furan rings is 1. The van der Waals surface area contributed by atoms with Crippen molar-refractivity contribution in [2.24, 2.45) is 0 Å². The molecule has 226 valence electrons. The fraction of sp³-hybridized carbons (Fsp3) is 0. The Morgan fingerprint density at radius 2 is 0.854 bits per heavy atom. The average Bonchev–Trinajstić information content (AvgIpc) is 3.56. The minimum atomic E-state index is 0.869. The predicted octanol–water partition coefficient (Wildman–Crippen LogP) is 13.2. The second-order valence-corrected chi connectivity index (χ2v) is 12.1. The van der Waals surface area contributed by atoms with E-state index in [1.165, 1.54) is 38.8 Å². The maximum Gasteiger partial charge on any atom is 0.143 e. The van der Waals surface area contributed by atoms with Crippen LogP contribution in [-0.4, -0.2) is 0 Å². The number of nitrogens with zero attached hydrogens (tertiary/aromatic N) is 1. The van der Waals surface area contributed by atoms with Crippen molar-refractivity contribution in [1.29, 1.82) is 0 Å². The van der Waals surface area contributed by atoms with Gasteiger partial charge < -0.3 is 9.32 Å². The molecule has 1 heterocycles. The first-order valence-electron chi connectivity index (χ1n) is 16.4. The monoisotopic (exact) mass is 613 g/mol. The van der Waals surface area contributed by atoms with Crippen LogP contribution in [0.4, 0.5) is 17.1 Å². The van der Waals surface area contributed by atoms with E-state index in [1.807, 2.05) is 0 Å². The molecule has 0 saturated carbocycles. The molecule has 0 spiro atoms. The van der Waals surface area contributed by atoms with Gasteiger partial charge in [-0.05, 0) is 81.2 Å². The van der Waals surface area contributed by atoms with E-state index in [9.17, 15) is 0 Å². The van der Waals surface area contributed by atoms with E-state index in [0.717, 1.165) is 44.4 Å². The smallest absolute Gasteiger partial charge is 0.143 e. The van der Waals surface area contributed by atoms with Gasteiger partial charge in [-0.2, -0.15) is 0 Å². The quantitative estimate of drug-likeness (QED) is 0.185. The molecule has 0 aliphatic heterocycles. The molecule has 0 radical (unpaired) electrons. The molecule has 0 saturated heterocycles. The van der Waals surface area contributed by atoms with Crippen molar-refractivity contribution in [2.75, 3.05) is 4.90 Å². The summed E-state index contributed by atoms with van der Waals surface area (Å²) >= 11 is 0. The van der Waals surface area contributed by atoms with Crippen molar-refractivity contribution in [1.82, 2.24) is 0 Å². The zero-order valence-corrected chi connectivity index (χ0v) is 26.3. The van der Waals surface area contributed by atoms with Crippen molar-refractivity contribution in [3.05, 3.63) is 188 Å². The van der Waals surface area contributed by atoms with Gasteiger partial charge in [0.25, 0.3) is 0 Å². The molecule has 0 aliphatic rings. The van der Waals surface area contributed by atoms with Gasteiger partial charge in [0.1, 0.15) is 11.2 Å². The summed E-state index contributed by atoms with van der Waals surface area (Å²) in [6.45, 7) is 0. The Kier molecular flexibility index (Phi) is 6.84. The first-order chi connectivity index (χ1) is 23.8. The van der Waals surface area contributed by atoms with Crippen molar-refractivity contribution >= 4 is 49.8 Å². The number of hydrogen-bond acceptors (Lipinski definition) is 2. The Labute approximate surface area is 279 Å². The molecule has 0 bridgehead atoms. The van der Waals surface area contributed by atoms with Crippen molar-refractivity contribution in [2.45, 2.75) is 0 Å². The van der Waals surface area contributed by atoms with Crippen LogP contribution in [0.5, 0.6) is 0 Å². The summed E-state index contributed by atoms with van der Waals surface area (Å²) in [6, 6.07) is 66.7.